The van der Waals surface area contributed by atoms with Crippen molar-refractivity contribution in [1.29, 1.82) is 0 Å². The molecular formula is C12H13FN2O3. The Morgan fingerprint density at radius 2 is 1.89 bits per heavy atom. The van der Waals surface area contributed by atoms with Crippen LogP contribution in [0.25, 0.3) is 0 Å². The van der Waals surface area contributed by atoms with Gasteiger partial charge in [0.1, 0.15) is 5.82 Å². The van der Waals surface area contributed by atoms with Crippen molar-refractivity contribution in [1.82, 2.24) is 4.90 Å². The molecule has 1 rings (SSSR count). The number of amides is 2. The van der Waals surface area contributed by atoms with E-state index in [1.807, 2.05) is 0 Å². The van der Waals surface area contributed by atoms with Crippen molar-refractivity contribution < 1.29 is 18.8 Å². The highest BCUT2D eigenvalue weighted by atomic mass is 19.1. The van der Waals surface area contributed by atoms with E-state index in [-0.39, 0.29) is 12.2 Å². The fourth-order valence-electron chi connectivity index (χ4n) is 0.867. The number of hydrogen-bond acceptors (Lipinski definition) is 3. The van der Waals surface area contributed by atoms with Gasteiger partial charge in [0, 0.05) is 14.1 Å². The van der Waals surface area contributed by atoms with Gasteiger partial charge in [0.05, 0.1) is 6.42 Å². The number of hydrogen-bond donors (Lipinski definition) is 0. The second-order valence-corrected chi connectivity index (χ2v) is 3.47. The lowest BCUT2D eigenvalue weighted by molar-refractivity contribution is -0.117. The minimum atomic E-state index is -0.582. The van der Waals surface area contributed by atoms with Crippen LogP contribution >= 0.6 is 0 Å². The molecule has 0 saturated carbocycles. The number of aliphatic imine (C=N–C) groups is 1. The second kappa shape index (κ2) is 8.78. The van der Waals surface area contributed by atoms with Gasteiger partial charge in [0.25, 0.3) is 5.91 Å². The molecule has 0 unspecified atom stereocenters. The standard InChI is InChI=1S/C9H6FNO2.C3H7NO/c10-8-3-1-7(2-4-8)5-9(13)11-6-12;1-4(2)3-5/h1-4H,5H2;3H,1-2H3. The van der Waals surface area contributed by atoms with Gasteiger partial charge in [0.2, 0.25) is 12.5 Å². The van der Waals surface area contributed by atoms with Crippen LogP contribution in [0.1, 0.15) is 5.56 Å². The zero-order chi connectivity index (χ0) is 14.0. The van der Waals surface area contributed by atoms with Gasteiger partial charge < -0.3 is 4.90 Å². The van der Waals surface area contributed by atoms with E-state index in [2.05, 4.69) is 4.99 Å². The molecule has 5 nitrogen and oxygen atoms in total. The third-order valence-electron chi connectivity index (χ3n) is 1.65. The molecule has 0 heterocycles. The molecule has 0 atom stereocenters. The normalized spacial score (nSPS) is 8.39. The van der Waals surface area contributed by atoms with Crippen molar-refractivity contribution in [2.75, 3.05) is 14.1 Å². The van der Waals surface area contributed by atoms with Gasteiger partial charge in [-0.05, 0) is 17.7 Å². The first-order valence-electron chi connectivity index (χ1n) is 4.96. The molecule has 2 amide bonds. The smallest absolute Gasteiger partial charge is 0.260 e. The van der Waals surface area contributed by atoms with E-state index in [0.29, 0.717) is 5.56 Å². The van der Waals surface area contributed by atoms with Crippen LogP contribution in [0.15, 0.2) is 29.3 Å². The molecule has 6 heteroatoms. The van der Waals surface area contributed by atoms with E-state index in [1.165, 1.54) is 29.2 Å². The second-order valence-electron chi connectivity index (χ2n) is 3.47. The first kappa shape index (κ1) is 15.7. The SMILES string of the molecule is CN(C)C=O.O=C=NC(=O)Cc1ccc(F)cc1. The molecule has 18 heavy (non-hydrogen) atoms. The monoisotopic (exact) mass is 252 g/mol. The van der Waals surface area contributed by atoms with Gasteiger partial charge in [-0.25, -0.2) is 9.18 Å². The van der Waals surface area contributed by atoms with Crippen molar-refractivity contribution in [3.8, 4) is 0 Å². The zero-order valence-corrected chi connectivity index (χ0v) is 10.1. The van der Waals surface area contributed by atoms with Crippen LogP contribution in [-0.4, -0.2) is 37.4 Å². The van der Waals surface area contributed by atoms with Gasteiger partial charge >= 0.3 is 0 Å². The summed E-state index contributed by atoms with van der Waals surface area (Å²) in [5, 5.41) is 0. The van der Waals surface area contributed by atoms with Crippen LogP contribution in [0.4, 0.5) is 4.39 Å². The summed E-state index contributed by atoms with van der Waals surface area (Å²) < 4.78 is 12.4. The summed E-state index contributed by atoms with van der Waals surface area (Å²) >= 11 is 0. The van der Waals surface area contributed by atoms with Crippen molar-refractivity contribution in [2.45, 2.75) is 6.42 Å². The summed E-state index contributed by atoms with van der Waals surface area (Å²) in [6.07, 6.45) is 1.90. The maximum absolute atomic E-state index is 12.4. The highest BCUT2D eigenvalue weighted by molar-refractivity contribution is 5.83. The Balaban J connectivity index is 0.000000494. The minimum Gasteiger partial charge on any atom is -0.351 e. The van der Waals surface area contributed by atoms with Gasteiger partial charge in [-0.3, -0.25) is 9.59 Å². The molecule has 0 saturated heterocycles. The lowest BCUT2D eigenvalue weighted by atomic mass is 10.1. The van der Waals surface area contributed by atoms with E-state index < -0.39 is 5.91 Å². The molecule has 96 valence electrons. The number of rotatable bonds is 3. The van der Waals surface area contributed by atoms with E-state index in [4.69, 9.17) is 0 Å². The molecule has 0 aliphatic carbocycles. The highest BCUT2D eigenvalue weighted by Crippen LogP contribution is 2.03. The molecule has 0 bridgehead atoms. The first-order chi connectivity index (χ1) is 8.49. The lowest BCUT2D eigenvalue weighted by Crippen LogP contribution is -2.06. The molecule has 0 spiro atoms. The van der Waals surface area contributed by atoms with Gasteiger partial charge in [0.15, 0.2) is 0 Å². The fourth-order valence-corrected chi connectivity index (χ4v) is 0.867. The van der Waals surface area contributed by atoms with Gasteiger partial charge in [-0.15, -0.1) is 4.99 Å². The van der Waals surface area contributed by atoms with Crippen LogP contribution < -0.4 is 0 Å². The Morgan fingerprint density at radius 1 is 1.39 bits per heavy atom. The summed E-state index contributed by atoms with van der Waals surface area (Å²) in [5.74, 6) is -0.948. The Kier molecular flexibility index (Phi) is 7.64. The molecule has 0 aromatic heterocycles. The number of isocyanates is 1. The number of benzene rings is 1. The Bertz CT molecular complexity index is 437. The van der Waals surface area contributed by atoms with Crippen molar-refractivity contribution in [3.63, 3.8) is 0 Å². The van der Waals surface area contributed by atoms with Crippen LogP contribution in [-0.2, 0) is 20.8 Å². The Hall–Kier alpha value is -2.33. The minimum absolute atomic E-state index is 0.00444. The molecule has 0 aliphatic rings. The Labute approximate surface area is 104 Å². The first-order valence-corrected chi connectivity index (χ1v) is 4.96. The average molecular weight is 252 g/mol. The molecule has 0 aliphatic heterocycles. The maximum atomic E-state index is 12.4. The fraction of sp³-hybridized carbons (Fsp3) is 0.250. The molecule has 0 radical (unpaired) electrons. The van der Waals surface area contributed by atoms with Crippen LogP contribution in [0, 0.1) is 5.82 Å². The van der Waals surface area contributed by atoms with Gasteiger partial charge in [-0.1, -0.05) is 12.1 Å². The lowest BCUT2D eigenvalue weighted by Gasteiger charge is -1.94. The summed E-state index contributed by atoms with van der Waals surface area (Å²) in [6.45, 7) is 0. The van der Waals surface area contributed by atoms with E-state index in [0.717, 1.165) is 12.5 Å². The Morgan fingerprint density at radius 3 is 2.28 bits per heavy atom. The van der Waals surface area contributed by atoms with E-state index in [1.54, 1.807) is 14.1 Å². The number of carbonyl (C=O) groups excluding carboxylic acids is 3. The van der Waals surface area contributed by atoms with Crippen LogP contribution in [0.3, 0.4) is 0 Å². The van der Waals surface area contributed by atoms with Crippen molar-refractivity contribution in [2.24, 2.45) is 4.99 Å². The summed E-state index contributed by atoms with van der Waals surface area (Å²) in [4.78, 5) is 34.2. The van der Waals surface area contributed by atoms with E-state index >= 15 is 0 Å². The predicted molar refractivity (Wildman–Crippen MR) is 63.0 cm³/mol. The molecule has 0 N–H and O–H groups in total. The quantitative estimate of drug-likeness (QED) is 0.456. The van der Waals surface area contributed by atoms with Crippen molar-refractivity contribution >= 4 is 18.4 Å². The topological polar surface area (TPSA) is 66.8 Å². The number of halogens is 1. The molecule has 1 aromatic rings. The number of nitrogens with zero attached hydrogens (tertiary/aromatic N) is 2. The molecule has 1 aromatic carbocycles. The largest absolute Gasteiger partial charge is 0.351 e. The molecular weight excluding hydrogens is 239 g/mol. The average Bonchev–Trinajstić information content (AvgIpc) is 2.33. The maximum Gasteiger partial charge on any atom is 0.260 e. The third-order valence-corrected chi connectivity index (χ3v) is 1.65. The van der Waals surface area contributed by atoms with Crippen molar-refractivity contribution in [3.05, 3.63) is 35.6 Å². The third kappa shape index (κ3) is 7.90. The van der Waals surface area contributed by atoms with E-state index in [9.17, 15) is 18.8 Å². The molecule has 0 fully saturated rings. The van der Waals surface area contributed by atoms with Crippen LogP contribution in [0.5, 0.6) is 0 Å². The summed E-state index contributed by atoms with van der Waals surface area (Å²) in [6, 6.07) is 5.42. The zero-order valence-electron chi connectivity index (χ0n) is 10.1. The number of carbonyl (C=O) groups is 2. The van der Waals surface area contributed by atoms with Crippen LogP contribution in [0.2, 0.25) is 0 Å². The van der Waals surface area contributed by atoms with Gasteiger partial charge in [-0.2, -0.15) is 0 Å². The summed E-state index contributed by atoms with van der Waals surface area (Å²) in [7, 11) is 3.38. The highest BCUT2D eigenvalue weighted by Gasteiger charge is 2.00. The summed E-state index contributed by atoms with van der Waals surface area (Å²) in [5.41, 5.74) is 0.616. The predicted octanol–water partition coefficient (Wildman–Crippen LogP) is 0.935.